The third-order valence-corrected chi connectivity index (χ3v) is 5.33. The van der Waals surface area contributed by atoms with Crippen molar-refractivity contribution in [3.63, 3.8) is 0 Å². The average molecular weight is 381 g/mol. The minimum absolute atomic E-state index is 0.00878. The van der Waals surface area contributed by atoms with Crippen LogP contribution in [0.25, 0.3) is 0 Å². The molecule has 3 rings (SSSR count). The Morgan fingerprint density at radius 3 is 2.18 bits per heavy atom. The monoisotopic (exact) mass is 380 g/mol. The fourth-order valence-electron chi connectivity index (χ4n) is 3.80. The van der Waals surface area contributed by atoms with Crippen LogP contribution in [0.2, 0.25) is 0 Å². The molecule has 1 saturated heterocycles. The minimum Gasteiger partial charge on any atom is -0.337 e. The number of rotatable bonds is 5. The first-order valence-corrected chi connectivity index (χ1v) is 10.4. The number of hydrogen-bond donors (Lipinski definition) is 1. The van der Waals surface area contributed by atoms with Crippen molar-refractivity contribution in [3.8, 4) is 0 Å². The van der Waals surface area contributed by atoms with E-state index in [-0.39, 0.29) is 5.91 Å². The number of nitrogens with one attached hydrogen (secondary N) is 1. The molecule has 1 aliphatic rings. The molecule has 1 amide bonds. The highest BCUT2D eigenvalue weighted by Gasteiger charge is 2.21. The van der Waals surface area contributed by atoms with Crippen LogP contribution in [0.1, 0.15) is 86.1 Å². The van der Waals surface area contributed by atoms with E-state index < -0.39 is 0 Å². The van der Waals surface area contributed by atoms with E-state index in [0.717, 1.165) is 37.3 Å². The molecule has 150 valence electrons. The summed E-state index contributed by atoms with van der Waals surface area (Å²) < 4.78 is 0. The molecule has 5 nitrogen and oxygen atoms in total. The fourth-order valence-corrected chi connectivity index (χ4v) is 3.80. The highest BCUT2D eigenvalue weighted by molar-refractivity contribution is 5.92. The van der Waals surface area contributed by atoms with Crippen LogP contribution in [0.3, 0.4) is 0 Å². The molecular formula is C23H32N4O. The summed E-state index contributed by atoms with van der Waals surface area (Å²) in [5.41, 5.74) is 4.81. The maximum absolute atomic E-state index is 12.9. The molecular weight excluding hydrogens is 348 g/mol. The van der Waals surface area contributed by atoms with E-state index in [1.54, 1.807) is 6.07 Å². The van der Waals surface area contributed by atoms with Gasteiger partial charge in [-0.1, -0.05) is 45.9 Å². The highest BCUT2D eigenvalue weighted by atomic mass is 16.2. The van der Waals surface area contributed by atoms with E-state index in [1.165, 1.54) is 17.5 Å². The third-order valence-electron chi connectivity index (χ3n) is 5.33. The lowest BCUT2D eigenvalue weighted by Gasteiger charge is -2.26. The van der Waals surface area contributed by atoms with Gasteiger partial charge >= 0.3 is 0 Å². The van der Waals surface area contributed by atoms with E-state index in [2.05, 4.69) is 61.2 Å². The number of aromatic nitrogens is 2. The molecule has 1 N–H and O–H groups in total. The van der Waals surface area contributed by atoms with Gasteiger partial charge in [-0.2, -0.15) is 0 Å². The Morgan fingerprint density at radius 2 is 1.61 bits per heavy atom. The van der Waals surface area contributed by atoms with Gasteiger partial charge in [0.05, 0.1) is 0 Å². The molecule has 0 spiro atoms. The van der Waals surface area contributed by atoms with Gasteiger partial charge in [-0.3, -0.25) is 4.79 Å². The predicted octanol–water partition coefficient (Wildman–Crippen LogP) is 5.40. The Morgan fingerprint density at radius 1 is 1.00 bits per heavy atom. The maximum Gasteiger partial charge on any atom is 0.272 e. The summed E-state index contributed by atoms with van der Waals surface area (Å²) in [6, 6.07) is 8.20. The SMILES string of the molecule is Cc1cc(C(=O)N2CCCCC2)nc(Nc2c(C(C)C)cccc2C(C)C)n1. The predicted molar refractivity (Wildman–Crippen MR) is 114 cm³/mol. The summed E-state index contributed by atoms with van der Waals surface area (Å²) >= 11 is 0. The number of likely N-dealkylation sites (tertiary alicyclic amines) is 1. The van der Waals surface area contributed by atoms with Gasteiger partial charge in [0.2, 0.25) is 5.95 Å². The van der Waals surface area contributed by atoms with Crippen molar-refractivity contribution < 1.29 is 4.79 Å². The van der Waals surface area contributed by atoms with Crippen molar-refractivity contribution in [1.29, 1.82) is 0 Å². The first-order chi connectivity index (χ1) is 13.4. The first kappa shape index (κ1) is 20.3. The van der Waals surface area contributed by atoms with Gasteiger partial charge in [0.1, 0.15) is 5.69 Å². The first-order valence-electron chi connectivity index (χ1n) is 10.4. The third kappa shape index (κ3) is 4.51. The van der Waals surface area contributed by atoms with Crippen LogP contribution in [-0.2, 0) is 0 Å². The number of anilines is 2. The molecule has 1 aromatic heterocycles. The standard InChI is InChI=1S/C23H32N4O/c1-15(2)18-10-9-11-19(16(3)4)21(18)26-23-24-17(5)14-20(25-23)22(28)27-12-7-6-8-13-27/h9-11,14-16H,6-8,12-13H2,1-5H3,(H,24,25,26). The average Bonchev–Trinajstić information content (AvgIpc) is 2.67. The number of benzene rings is 1. The molecule has 1 aromatic carbocycles. The van der Waals surface area contributed by atoms with Crippen LogP contribution in [0.15, 0.2) is 24.3 Å². The van der Waals surface area contributed by atoms with Crippen LogP contribution in [0.5, 0.6) is 0 Å². The van der Waals surface area contributed by atoms with E-state index in [9.17, 15) is 4.79 Å². The molecule has 2 aromatic rings. The Balaban J connectivity index is 1.95. The molecule has 28 heavy (non-hydrogen) atoms. The van der Waals surface area contributed by atoms with Crippen molar-refractivity contribution in [2.45, 2.75) is 65.7 Å². The van der Waals surface area contributed by atoms with Crippen LogP contribution < -0.4 is 5.32 Å². The molecule has 2 heterocycles. The Hall–Kier alpha value is -2.43. The fraction of sp³-hybridized carbons (Fsp3) is 0.522. The normalized spacial score (nSPS) is 14.6. The maximum atomic E-state index is 12.9. The largest absolute Gasteiger partial charge is 0.337 e. The van der Waals surface area contributed by atoms with Gasteiger partial charge in [-0.25, -0.2) is 9.97 Å². The van der Waals surface area contributed by atoms with Crippen molar-refractivity contribution >= 4 is 17.5 Å². The van der Waals surface area contributed by atoms with Crippen molar-refractivity contribution in [2.24, 2.45) is 0 Å². The van der Waals surface area contributed by atoms with Crippen molar-refractivity contribution in [3.05, 3.63) is 46.8 Å². The molecule has 1 fully saturated rings. The second-order valence-electron chi connectivity index (χ2n) is 8.32. The Bertz CT molecular complexity index is 812. The van der Waals surface area contributed by atoms with Gasteiger partial charge < -0.3 is 10.2 Å². The number of carbonyl (C=O) groups is 1. The second kappa shape index (κ2) is 8.72. The summed E-state index contributed by atoms with van der Waals surface area (Å²) in [4.78, 5) is 24.0. The topological polar surface area (TPSA) is 58.1 Å². The molecule has 1 aliphatic heterocycles. The molecule has 0 unspecified atom stereocenters. The number of hydrogen-bond acceptors (Lipinski definition) is 4. The van der Waals surface area contributed by atoms with Crippen molar-refractivity contribution in [2.75, 3.05) is 18.4 Å². The van der Waals surface area contributed by atoms with E-state index in [1.807, 2.05) is 11.8 Å². The zero-order chi connectivity index (χ0) is 20.3. The van der Waals surface area contributed by atoms with Crippen LogP contribution in [0, 0.1) is 6.92 Å². The van der Waals surface area contributed by atoms with Gasteiger partial charge in [0.15, 0.2) is 0 Å². The quantitative estimate of drug-likeness (QED) is 0.754. The van der Waals surface area contributed by atoms with E-state index in [0.29, 0.717) is 23.5 Å². The molecule has 5 heteroatoms. The van der Waals surface area contributed by atoms with E-state index >= 15 is 0 Å². The lowest BCUT2D eigenvalue weighted by Crippen LogP contribution is -2.36. The number of piperidine rings is 1. The number of aryl methyl sites for hydroxylation is 1. The minimum atomic E-state index is 0.00878. The second-order valence-corrected chi connectivity index (χ2v) is 8.32. The zero-order valence-electron chi connectivity index (χ0n) is 17.7. The smallest absolute Gasteiger partial charge is 0.272 e. The van der Waals surface area contributed by atoms with Gasteiger partial charge in [0, 0.05) is 24.5 Å². The van der Waals surface area contributed by atoms with Crippen LogP contribution >= 0.6 is 0 Å². The summed E-state index contributed by atoms with van der Waals surface area (Å²) in [6.45, 7) is 12.3. The summed E-state index contributed by atoms with van der Waals surface area (Å²) in [5, 5.41) is 3.45. The molecule has 0 atom stereocenters. The number of carbonyl (C=O) groups excluding carboxylic acids is 1. The lowest BCUT2D eigenvalue weighted by molar-refractivity contribution is 0.0718. The van der Waals surface area contributed by atoms with Crippen LogP contribution in [0.4, 0.5) is 11.6 Å². The number of para-hydroxylation sites is 1. The summed E-state index contributed by atoms with van der Waals surface area (Å²) in [5.74, 6) is 1.26. The zero-order valence-corrected chi connectivity index (χ0v) is 17.7. The lowest BCUT2D eigenvalue weighted by atomic mass is 9.93. The molecule has 0 radical (unpaired) electrons. The van der Waals surface area contributed by atoms with Gasteiger partial charge in [-0.05, 0) is 55.2 Å². The number of amides is 1. The van der Waals surface area contributed by atoms with Crippen LogP contribution in [-0.4, -0.2) is 33.9 Å². The van der Waals surface area contributed by atoms with Gasteiger partial charge in [0.25, 0.3) is 5.91 Å². The van der Waals surface area contributed by atoms with Crippen molar-refractivity contribution in [1.82, 2.24) is 14.9 Å². The Kier molecular flexibility index (Phi) is 6.32. The molecule has 0 aliphatic carbocycles. The van der Waals surface area contributed by atoms with E-state index in [4.69, 9.17) is 0 Å². The summed E-state index contributed by atoms with van der Waals surface area (Å²) in [7, 11) is 0. The molecule has 0 saturated carbocycles. The number of nitrogens with zero attached hydrogens (tertiary/aromatic N) is 3. The Labute approximate surface area is 168 Å². The summed E-state index contributed by atoms with van der Waals surface area (Å²) in [6.07, 6.45) is 3.34. The highest BCUT2D eigenvalue weighted by Crippen LogP contribution is 2.34. The van der Waals surface area contributed by atoms with Gasteiger partial charge in [-0.15, -0.1) is 0 Å². The molecule has 0 bridgehead atoms.